The number of aryl methyl sites for hydroxylation is 1. The van der Waals surface area contributed by atoms with Crippen molar-refractivity contribution in [3.05, 3.63) is 35.5 Å². The molecule has 2 atom stereocenters. The number of carboxylic acid groups (broad SMARTS) is 1. The average Bonchev–Trinajstić information content (AvgIpc) is 3.53. The van der Waals surface area contributed by atoms with E-state index >= 15 is 0 Å². The van der Waals surface area contributed by atoms with Crippen LogP contribution in [0.4, 0.5) is 8.78 Å². The van der Waals surface area contributed by atoms with Crippen LogP contribution in [0.5, 0.6) is 11.6 Å². The van der Waals surface area contributed by atoms with Gasteiger partial charge < -0.3 is 14.6 Å². The number of aliphatic carboxylic acids is 1. The van der Waals surface area contributed by atoms with Gasteiger partial charge in [0.05, 0.1) is 19.1 Å². The Morgan fingerprint density at radius 1 is 1.14 bits per heavy atom. The highest BCUT2D eigenvalue weighted by molar-refractivity contribution is 5.73. The summed E-state index contributed by atoms with van der Waals surface area (Å²) in [6.07, 6.45) is 2.74. The van der Waals surface area contributed by atoms with Crippen LogP contribution in [0.2, 0.25) is 0 Å². The maximum atomic E-state index is 14.4. The SMILES string of the molecule is Cc1cc(OCC2CC2)nc(-c2cc(F)c(OCC3CC3C(=O)O)c(F)c2)n1. The van der Waals surface area contributed by atoms with Gasteiger partial charge >= 0.3 is 5.97 Å². The van der Waals surface area contributed by atoms with Gasteiger partial charge in [0.25, 0.3) is 0 Å². The van der Waals surface area contributed by atoms with Crippen LogP contribution in [0.3, 0.4) is 0 Å². The summed E-state index contributed by atoms with van der Waals surface area (Å²) in [7, 11) is 0. The lowest BCUT2D eigenvalue weighted by Gasteiger charge is -2.11. The summed E-state index contributed by atoms with van der Waals surface area (Å²) >= 11 is 0. The Morgan fingerprint density at radius 2 is 1.86 bits per heavy atom. The first-order chi connectivity index (χ1) is 13.4. The van der Waals surface area contributed by atoms with E-state index in [1.165, 1.54) is 0 Å². The fraction of sp³-hybridized carbons (Fsp3) is 0.450. The van der Waals surface area contributed by atoms with E-state index in [9.17, 15) is 13.6 Å². The molecule has 1 aromatic carbocycles. The summed E-state index contributed by atoms with van der Waals surface area (Å²) in [5.41, 5.74) is 0.808. The third-order valence-electron chi connectivity index (χ3n) is 4.93. The second kappa shape index (κ2) is 7.33. The van der Waals surface area contributed by atoms with Crippen LogP contribution in [0.1, 0.15) is 25.0 Å². The van der Waals surface area contributed by atoms with Crippen molar-refractivity contribution < 1.29 is 28.2 Å². The normalized spacial score (nSPS) is 20.7. The van der Waals surface area contributed by atoms with Crippen molar-refractivity contribution in [1.29, 1.82) is 0 Å². The molecule has 2 aliphatic carbocycles. The first-order valence-electron chi connectivity index (χ1n) is 9.24. The lowest BCUT2D eigenvalue weighted by Crippen LogP contribution is -2.08. The van der Waals surface area contributed by atoms with Crippen LogP contribution in [0.25, 0.3) is 11.4 Å². The first kappa shape index (κ1) is 18.6. The van der Waals surface area contributed by atoms with E-state index in [4.69, 9.17) is 14.6 Å². The lowest BCUT2D eigenvalue weighted by molar-refractivity contribution is -0.138. The Bertz CT molecular complexity index is 894. The smallest absolute Gasteiger partial charge is 0.306 e. The number of carboxylic acids is 1. The Hall–Kier alpha value is -2.77. The second-order valence-electron chi connectivity index (χ2n) is 7.45. The summed E-state index contributed by atoms with van der Waals surface area (Å²) in [5, 5.41) is 8.88. The Labute approximate surface area is 160 Å². The van der Waals surface area contributed by atoms with E-state index in [2.05, 4.69) is 9.97 Å². The number of carbonyl (C=O) groups is 1. The van der Waals surface area contributed by atoms with Crippen LogP contribution >= 0.6 is 0 Å². The van der Waals surface area contributed by atoms with Crippen molar-refractivity contribution in [2.24, 2.45) is 17.8 Å². The number of hydrogen-bond acceptors (Lipinski definition) is 5. The molecule has 0 saturated heterocycles. The number of benzene rings is 1. The molecule has 6 nitrogen and oxygen atoms in total. The highest BCUT2D eigenvalue weighted by Gasteiger charge is 2.43. The van der Waals surface area contributed by atoms with Crippen molar-refractivity contribution in [3.8, 4) is 23.0 Å². The van der Waals surface area contributed by atoms with Crippen molar-refractivity contribution in [1.82, 2.24) is 9.97 Å². The number of hydrogen-bond donors (Lipinski definition) is 1. The molecule has 2 fully saturated rings. The lowest BCUT2D eigenvalue weighted by atomic mass is 10.1. The van der Waals surface area contributed by atoms with Gasteiger partial charge in [-0.2, -0.15) is 4.98 Å². The standard InChI is InChI=1S/C20H20F2N2O4/c1-10-4-17(27-8-11-2-3-11)24-19(23-10)12-6-15(21)18(16(22)7-12)28-9-13-5-14(13)20(25)26/h4,6-7,11,13-14H,2-3,5,8-9H2,1H3,(H,25,26). The van der Waals surface area contributed by atoms with Crippen LogP contribution in [0, 0.1) is 36.3 Å². The maximum absolute atomic E-state index is 14.4. The van der Waals surface area contributed by atoms with Crippen molar-refractivity contribution >= 4 is 5.97 Å². The minimum atomic E-state index is -0.916. The molecule has 0 aliphatic heterocycles. The predicted molar refractivity (Wildman–Crippen MR) is 95.1 cm³/mol. The summed E-state index contributed by atoms with van der Waals surface area (Å²) in [6, 6.07) is 3.91. The zero-order valence-electron chi connectivity index (χ0n) is 15.3. The van der Waals surface area contributed by atoms with Gasteiger partial charge in [-0.15, -0.1) is 0 Å². The Morgan fingerprint density at radius 3 is 2.46 bits per heavy atom. The largest absolute Gasteiger partial charge is 0.487 e. The van der Waals surface area contributed by atoms with Gasteiger partial charge in [-0.05, 0) is 44.2 Å². The summed E-state index contributed by atoms with van der Waals surface area (Å²) < 4.78 is 39.7. The molecule has 8 heteroatoms. The van der Waals surface area contributed by atoms with Gasteiger partial charge in [0, 0.05) is 23.2 Å². The van der Waals surface area contributed by atoms with Crippen LogP contribution in [-0.4, -0.2) is 34.3 Å². The molecule has 148 valence electrons. The Balaban J connectivity index is 1.50. The fourth-order valence-corrected chi connectivity index (χ4v) is 2.98. The van der Waals surface area contributed by atoms with E-state index in [1.807, 2.05) is 0 Å². The topological polar surface area (TPSA) is 81.5 Å². The molecular formula is C20H20F2N2O4. The third-order valence-corrected chi connectivity index (χ3v) is 4.93. The van der Waals surface area contributed by atoms with Gasteiger partial charge in [0.15, 0.2) is 23.2 Å². The number of ether oxygens (including phenoxy) is 2. The molecule has 28 heavy (non-hydrogen) atoms. The monoisotopic (exact) mass is 390 g/mol. The molecule has 1 N–H and O–H groups in total. The molecule has 1 heterocycles. The fourth-order valence-electron chi connectivity index (χ4n) is 2.98. The van der Waals surface area contributed by atoms with Gasteiger partial charge in [-0.25, -0.2) is 13.8 Å². The molecule has 0 spiro atoms. The second-order valence-corrected chi connectivity index (χ2v) is 7.45. The minimum absolute atomic E-state index is 0.0374. The predicted octanol–water partition coefficient (Wildman–Crippen LogP) is 3.62. The highest BCUT2D eigenvalue weighted by atomic mass is 19.1. The molecule has 0 radical (unpaired) electrons. The molecule has 1 aromatic heterocycles. The van der Waals surface area contributed by atoms with Crippen LogP contribution in [-0.2, 0) is 4.79 Å². The van der Waals surface area contributed by atoms with Crippen molar-refractivity contribution in [3.63, 3.8) is 0 Å². The van der Waals surface area contributed by atoms with E-state index in [1.54, 1.807) is 13.0 Å². The maximum Gasteiger partial charge on any atom is 0.306 e. The zero-order valence-corrected chi connectivity index (χ0v) is 15.3. The van der Waals surface area contributed by atoms with Crippen LogP contribution in [0.15, 0.2) is 18.2 Å². The minimum Gasteiger partial charge on any atom is -0.487 e. The van der Waals surface area contributed by atoms with Gasteiger partial charge in [0.2, 0.25) is 5.88 Å². The van der Waals surface area contributed by atoms with Gasteiger partial charge in [-0.1, -0.05) is 0 Å². The molecule has 0 amide bonds. The van der Waals surface area contributed by atoms with E-state index in [-0.39, 0.29) is 23.9 Å². The number of nitrogens with zero attached hydrogens (tertiary/aromatic N) is 2. The number of rotatable bonds is 8. The van der Waals surface area contributed by atoms with E-state index in [0.29, 0.717) is 30.5 Å². The summed E-state index contributed by atoms with van der Waals surface area (Å²) in [4.78, 5) is 19.3. The summed E-state index contributed by atoms with van der Waals surface area (Å²) in [6.45, 7) is 2.29. The highest BCUT2D eigenvalue weighted by Crippen LogP contribution is 2.39. The van der Waals surface area contributed by atoms with Crippen LogP contribution < -0.4 is 9.47 Å². The molecule has 2 saturated carbocycles. The molecule has 2 aliphatic rings. The number of halogens is 2. The van der Waals surface area contributed by atoms with Crippen molar-refractivity contribution in [2.75, 3.05) is 13.2 Å². The molecular weight excluding hydrogens is 370 g/mol. The van der Waals surface area contributed by atoms with E-state index in [0.717, 1.165) is 25.0 Å². The summed E-state index contributed by atoms with van der Waals surface area (Å²) in [5.74, 6) is -2.81. The Kier molecular flexibility index (Phi) is 4.87. The van der Waals surface area contributed by atoms with Gasteiger partial charge in [-0.3, -0.25) is 4.79 Å². The molecule has 2 aromatic rings. The zero-order chi connectivity index (χ0) is 19.8. The molecule has 0 bridgehead atoms. The third kappa shape index (κ3) is 4.21. The molecule has 4 rings (SSSR count). The quantitative estimate of drug-likeness (QED) is 0.742. The average molecular weight is 390 g/mol. The first-order valence-corrected chi connectivity index (χ1v) is 9.24. The van der Waals surface area contributed by atoms with E-state index < -0.39 is 29.3 Å². The van der Waals surface area contributed by atoms with Crippen molar-refractivity contribution in [2.45, 2.75) is 26.2 Å². The number of aromatic nitrogens is 2. The van der Waals surface area contributed by atoms with Gasteiger partial charge in [0.1, 0.15) is 0 Å². The molecule has 2 unspecified atom stereocenters.